The second kappa shape index (κ2) is 5.99. The summed E-state index contributed by atoms with van der Waals surface area (Å²) in [6, 6.07) is 2.30. The lowest BCUT2D eigenvalue weighted by Crippen LogP contribution is -2.11. The maximum atomic E-state index is 4.50. The van der Waals surface area contributed by atoms with E-state index in [1.165, 1.54) is 48.2 Å². The van der Waals surface area contributed by atoms with E-state index in [0.29, 0.717) is 0 Å². The summed E-state index contributed by atoms with van der Waals surface area (Å²) < 4.78 is 0. The van der Waals surface area contributed by atoms with Crippen LogP contribution in [0, 0.1) is 0 Å². The van der Waals surface area contributed by atoms with Crippen LogP contribution in [-0.2, 0) is 12.8 Å². The van der Waals surface area contributed by atoms with Crippen LogP contribution in [0.3, 0.4) is 0 Å². The fourth-order valence-electron chi connectivity index (χ4n) is 3.46. The minimum absolute atomic E-state index is 0.182. The van der Waals surface area contributed by atoms with Gasteiger partial charge in [0, 0.05) is 29.7 Å². The number of fused-ring (bicyclic) bond motifs is 1. The third-order valence-corrected chi connectivity index (χ3v) is 4.75. The Balaban J connectivity index is 1.61. The van der Waals surface area contributed by atoms with E-state index in [2.05, 4.69) is 44.5 Å². The van der Waals surface area contributed by atoms with E-state index in [0.717, 1.165) is 17.8 Å². The molecule has 2 N–H and O–H groups in total. The van der Waals surface area contributed by atoms with Gasteiger partial charge in [-0.15, -0.1) is 0 Å². The van der Waals surface area contributed by atoms with Gasteiger partial charge in [0.15, 0.2) is 0 Å². The number of H-pyrrole nitrogens is 1. The van der Waals surface area contributed by atoms with Crippen molar-refractivity contribution < 1.29 is 0 Å². The molecule has 2 aromatic rings. The molecule has 2 aliphatic rings. The molecule has 0 radical (unpaired) electrons. The van der Waals surface area contributed by atoms with E-state index in [1.807, 2.05) is 12.4 Å². The molecule has 2 aromatic heterocycles. The van der Waals surface area contributed by atoms with Gasteiger partial charge < -0.3 is 10.4 Å². The minimum Gasteiger partial charge on any atom is -0.359 e. The molecule has 1 unspecified atom stereocenters. The number of rotatable bonds is 3. The van der Waals surface area contributed by atoms with Gasteiger partial charge in [0.1, 0.15) is 6.33 Å². The van der Waals surface area contributed by atoms with Crippen molar-refractivity contribution in [3.63, 3.8) is 0 Å². The number of nitrogens with zero attached hydrogens (tertiary/aromatic N) is 3. The zero-order valence-electron chi connectivity index (χ0n) is 13.3. The third kappa shape index (κ3) is 2.79. The Hall–Kier alpha value is -2.43. The van der Waals surface area contributed by atoms with Crippen LogP contribution in [0.4, 0.5) is 0 Å². The highest BCUT2D eigenvalue weighted by Gasteiger charge is 2.22. The molecule has 0 saturated carbocycles. The predicted molar refractivity (Wildman–Crippen MR) is 91.3 cm³/mol. The number of aromatic amines is 1. The SMILES string of the molecule is CC(C1=NNC/C1=C\c1cc2c([nH]1)CCCC2)c1cncnc1. The number of hydrogen-bond donors (Lipinski definition) is 2. The molecule has 0 saturated heterocycles. The van der Waals surface area contributed by atoms with Crippen LogP contribution in [-0.4, -0.2) is 27.2 Å². The van der Waals surface area contributed by atoms with Crippen LogP contribution in [0.25, 0.3) is 6.08 Å². The molecular weight excluding hydrogens is 286 g/mol. The van der Waals surface area contributed by atoms with Gasteiger partial charge >= 0.3 is 0 Å². The molecule has 3 heterocycles. The molecular formula is C18H21N5. The van der Waals surface area contributed by atoms with Gasteiger partial charge in [0.2, 0.25) is 0 Å². The quantitative estimate of drug-likeness (QED) is 0.916. The average molecular weight is 307 g/mol. The molecule has 0 amide bonds. The van der Waals surface area contributed by atoms with Gasteiger partial charge in [-0.25, -0.2) is 9.97 Å². The number of aromatic nitrogens is 3. The van der Waals surface area contributed by atoms with Crippen LogP contribution < -0.4 is 5.43 Å². The highest BCUT2D eigenvalue weighted by molar-refractivity contribution is 6.08. The highest BCUT2D eigenvalue weighted by atomic mass is 15.3. The fraction of sp³-hybridized carbons (Fsp3) is 0.389. The zero-order valence-corrected chi connectivity index (χ0v) is 13.3. The normalized spacial score (nSPS) is 20.0. The van der Waals surface area contributed by atoms with Crippen molar-refractivity contribution in [2.24, 2.45) is 5.10 Å². The van der Waals surface area contributed by atoms with Crippen LogP contribution in [0.2, 0.25) is 0 Å². The first-order chi connectivity index (χ1) is 11.3. The summed E-state index contributed by atoms with van der Waals surface area (Å²) >= 11 is 0. The first kappa shape index (κ1) is 14.2. The van der Waals surface area contributed by atoms with Gasteiger partial charge in [-0.2, -0.15) is 5.10 Å². The lowest BCUT2D eigenvalue weighted by Gasteiger charge is -2.11. The van der Waals surface area contributed by atoms with Crippen molar-refractivity contribution in [1.82, 2.24) is 20.4 Å². The molecule has 0 spiro atoms. The summed E-state index contributed by atoms with van der Waals surface area (Å²) in [6.45, 7) is 2.93. The number of hydrogen-bond acceptors (Lipinski definition) is 4. The smallest absolute Gasteiger partial charge is 0.115 e. The number of nitrogens with one attached hydrogen (secondary N) is 2. The summed E-state index contributed by atoms with van der Waals surface area (Å²) in [5.74, 6) is 0.182. The van der Waals surface area contributed by atoms with Crippen LogP contribution in [0.5, 0.6) is 0 Å². The van der Waals surface area contributed by atoms with E-state index in [-0.39, 0.29) is 5.92 Å². The Kier molecular flexibility index (Phi) is 3.69. The maximum absolute atomic E-state index is 4.50. The largest absolute Gasteiger partial charge is 0.359 e. The Labute approximate surface area is 136 Å². The standard InChI is InChI=1S/C18H21N5/c1-12(15-8-19-11-20-9-15)18-14(10-21-23-18)7-16-6-13-4-2-3-5-17(13)22-16/h6-9,11-12,21-22H,2-5,10H2,1H3/b14-7+. The summed E-state index contributed by atoms with van der Waals surface area (Å²) in [5.41, 5.74) is 10.6. The Morgan fingerprint density at radius 3 is 2.83 bits per heavy atom. The monoisotopic (exact) mass is 307 g/mol. The van der Waals surface area contributed by atoms with Crippen LogP contribution in [0.15, 0.2) is 35.5 Å². The second-order valence-corrected chi connectivity index (χ2v) is 6.33. The van der Waals surface area contributed by atoms with E-state index in [9.17, 15) is 0 Å². The van der Waals surface area contributed by atoms with Crippen molar-refractivity contribution in [1.29, 1.82) is 0 Å². The van der Waals surface area contributed by atoms with E-state index >= 15 is 0 Å². The van der Waals surface area contributed by atoms with Gasteiger partial charge in [0.05, 0.1) is 12.3 Å². The van der Waals surface area contributed by atoms with E-state index in [4.69, 9.17) is 0 Å². The zero-order chi connectivity index (χ0) is 15.6. The van der Waals surface area contributed by atoms with Crippen molar-refractivity contribution in [3.8, 4) is 0 Å². The molecule has 118 valence electrons. The Morgan fingerprint density at radius 2 is 2.00 bits per heavy atom. The van der Waals surface area contributed by atoms with Crippen molar-refractivity contribution >= 4 is 11.8 Å². The predicted octanol–water partition coefficient (Wildman–Crippen LogP) is 2.83. The third-order valence-electron chi connectivity index (χ3n) is 4.75. The Bertz CT molecular complexity index is 733. The topological polar surface area (TPSA) is 66.0 Å². The van der Waals surface area contributed by atoms with Gasteiger partial charge in [-0.1, -0.05) is 6.92 Å². The van der Waals surface area contributed by atoms with Crippen molar-refractivity contribution in [3.05, 3.63) is 52.9 Å². The first-order valence-corrected chi connectivity index (χ1v) is 8.28. The van der Waals surface area contributed by atoms with E-state index < -0.39 is 0 Å². The lowest BCUT2D eigenvalue weighted by molar-refractivity contribution is 0.677. The molecule has 5 heteroatoms. The highest BCUT2D eigenvalue weighted by Crippen LogP contribution is 2.26. The minimum atomic E-state index is 0.182. The summed E-state index contributed by atoms with van der Waals surface area (Å²) in [6.07, 6.45) is 12.5. The maximum Gasteiger partial charge on any atom is 0.115 e. The summed E-state index contributed by atoms with van der Waals surface area (Å²) in [7, 11) is 0. The molecule has 0 fully saturated rings. The molecule has 0 bridgehead atoms. The van der Waals surface area contributed by atoms with Gasteiger partial charge in [-0.3, -0.25) is 0 Å². The van der Waals surface area contributed by atoms with E-state index in [1.54, 1.807) is 6.33 Å². The van der Waals surface area contributed by atoms with Crippen LogP contribution in [0.1, 0.15) is 48.2 Å². The lowest BCUT2D eigenvalue weighted by atomic mass is 9.93. The number of aryl methyl sites for hydroxylation is 2. The summed E-state index contributed by atoms with van der Waals surface area (Å²) in [4.78, 5) is 11.8. The molecule has 23 heavy (non-hydrogen) atoms. The number of hydrazone groups is 1. The molecule has 1 atom stereocenters. The average Bonchev–Trinajstić information content (AvgIpc) is 3.21. The molecule has 1 aliphatic heterocycles. The Morgan fingerprint density at radius 1 is 1.17 bits per heavy atom. The first-order valence-electron chi connectivity index (χ1n) is 8.28. The second-order valence-electron chi connectivity index (χ2n) is 6.33. The molecule has 5 nitrogen and oxygen atoms in total. The molecule has 1 aliphatic carbocycles. The van der Waals surface area contributed by atoms with Crippen LogP contribution >= 0.6 is 0 Å². The van der Waals surface area contributed by atoms with Crippen molar-refractivity contribution in [2.75, 3.05) is 6.54 Å². The van der Waals surface area contributed by atoms with Gasteiger partial charge in [-0.05, 0) is 54.5 Å². The molecule has 4 rings (SSSR count). The fourth-order valence-corrected chi connectivity index (χ4v) is 3.46. The summed E-state index contributed by atoms with van der Waals surface area (Å²) in [5, 5.41) is 4.50. The van der Waals surface area contributed by atoms with Gasteiger partial charge in [0.25, 0.3) is 0 Å². The molecule has 0 aromatic carbocycles. The van der Waals surface area contributed by atoms with Crippen molar-refractivity contribution in [2.45, 2.75) is 38.5 Å².